The molecule has 2 heterocycles. The minimum atomic E-state index is -0.188. The average molecular weight is 334 g/mol. The Morgan fingerprint density at radius 2 is 2.15 bits per heavy atom. The smallest absolute Gasteiger partial charge is 0.280 e. The number of hydrogen-bond donors (Lipinski definition) is 2. The van der Waals surface area contributed by atoms with Crippen LogP contribution in [0.4, 0.5) is 5.69 Å². The third-order valence-corrected chi connectivity index (χ3v) is 4.14. The molecule has 5 nitrogen and oxygen atoms in total. The van der Waals surface area contributed by atoms with Crippen LogP contribution in [0.2, 0.25) is 0 Å². The Balaban J connectivity index is 1.78. The summed E-state index contributed by atoms with van der Waals surface area (Å²) >= 11 is 3.44. The van der Waals surface area contributed by atoms with Crippen molar-refractivity contribution in [3.05, 3.63) is 54.5 Å². The van der Waals surface area contributed by atoms with E-state index < -0.39 is 0 Å². The second-order valence-electron chi connectivity index (χ2n) is 4.64. The van der Waals surface area contributed by atoms with Crippen molar-refractivity contribution in [2.75, 3.05) is 5.32 Å². The van der Waals surface area contributed by atoms with Gasteiger partial charge in [0.2, 0.25) is 5.84 Å². The van der Waals surface area contributed by atoms with Gasteiger partial charge in [0, 0.05) is 24.9 Å². The van der Waals surface area contributed by atoms with Crippen LogP contribution >= 0.6 is 16.1 Å². The Kier molecular flexibility index (Phi) is 3.42. The van der Waals surface area contributed by atoms with E-state index in [0.29, 0.717) is 5.70 Å². The van der Waals surface area contributed by atoms with Crippen molar-refractivity contribution in [1.29, 1.82) is 0 Å². The highest BCUT2D eigenvalue weighted by Gasteiger charge is 2.34. The quantitative estimate of drug-likeness (QED) is 0.800. The zero-order valence-corrected chi connectivity index (χ0v) is 12.5. The lowest BCUT2D eigenvalue weighted by Crippen LogP contribution is -3.14. The van der Waals surface area contributed by atoms with Gasteiger partial charge in [0.1, 0.15) is 6.20 Å². The van der Waals surface area contributed by atoms with Gasteiger partial charge in [-0.3, -0.25) is 8.72 Å². The highest BCUT2D eigenvalue weighted by molar-refractivity contribution is 9.07. The standard InChI is InChI=1S/C14H13BrN4O/c1-10-18-9-12(17-13(18)7-8-19(10)15)14(20)16-11-5-3-2-4-6-11/h2-10H,1H3,(H,16,20)/p+1. The van der Waals surface area contributed by atoms with Crippen molar-refractivity contribution in [2.45, 2.75) is 13.1 Å². The molecule has 0 aromatic heterocycles. The number of benzene rings is 1. The fraction of sp³-hybridized carbons (Fsp3) is 0.143. The molecule has 0 aliphatic carbocycles. The van der Waals surface area contributed by atoms with Gasteiger partial charge in [-0.25, -0.2) is 4.90 Å². The first-order chi connectivity index (χ1) is 9.65. The molecule has 2 N–H and O–H groups in total. The first-order valence-electron chi connectivity index (χ1n) is 6.31. The Morgan fingerprint density at radius 3 is 2.90 bits per heavy atom. The van der Waals surface area contributed by atoms with Crippen LogP contribution in [0.5, 0.6) is 0 Å². The number of halogens is 1. The number of hydrogen-bond acceptors (Lipinski definition) is 3. The SMILES string of the molecule is CC1N(Br)C=CC2=NC(C(=O)Nc3ccccc3)=C[NH+]21. The first kappa shape index (κ1) is 13.1. The Hall–Kier alpha value is -1.92. The van der Waals surface area contributed by atoms with Crippen molar-refractivity contribution in [3.63, 3.8) is 0 Å². The highest BCUT2D eigenvalue weighted by atomic mass is 79.9. The summed E-state index contributed by atoms with van der Waals surface area (Å²) < 4.78 is 1.91. The number of quaternary nitrogens is 1. The van der Waals surface area contributed by atoms with E-state index in [2.05, 4.69) is 33.4 Å². The number of carbonyl (C=O) groups is 1. The van der Waals surface area contributed by atoms with E-state index in [4.69, 9.17) is 0 Å². The van der Waals surface area contributed by atoms with Crippen LogP contribution in [0.3, 0.4) is 0 Å². The summed E-state index contributed by atoms with van der Waals surface area (Å²) in [6, 6.07) is 9.37. The van der Waals surface area contributed by atoms with E-state index in [9.17, 15) is 4.79 Å². The van der Waals surface area contributed by atoms with Crippen molar-refractivity contribution in [1.82, 2.24) is 3.93 Å². The van der Waals surface area contributed by atoms with Crippen LogP contribution in [0.25, 0.3) is 0 Å². The van der Waals surface area contributed by atoms with Gasteiger partial charge in [0.25, 0.3) is 5.91 Å². The summed E-state index contributed by atoms with van der Waals surface area (Å²) in [6.07, 6.45) is 5.79. The molecule has 2 aliphatic heterocycles. The molecule has 3 rings (SSSR count). The summed E-state index contributed by atoms with van der Waals surface area (Å²) in [5, 5.41) is 2.84. The van der Waals surface area contributed by atoms with Crippen molar-refractivity contribution < 1.29 is 9.69 Å². The third-order valence-electron chi connectivity index (χ3n) is 3.29. The Bertz CT molecular complexity index is 623. The van der Waals surface area contributed by atoms with E-state index in [1.807, 2.05) is 52.7 Å². The fourth-order valence-corrected chi connectivity index (χ4v) is 2.49. The number of fused-ring (bicyclic) bond motifs is 1. The lowest BCUT2D eigenvalue weighted by molar-refractivity contribution is -0.784. The minimum absolute atomic E-state index is 0.153. The molecule has 102 valence electrons. The predicted octanol–water partition coefficient (Wildman–Crippen LogP) is 1.25. The molecule has 0 saturated carbocycles. The Labute approximate surface area is 125 Å². The molecule has 6 heteroatoms. The first-order valence-corrected chi connectivity index (χ1v) is 7.02. The number of anilines is 1. The molecule has 2 unspecified atom stereocenters. The van der Waals surface area contributed by atoms with Gasteiger partial charge >= 0.3 is 0 Å². The van der Waals surface area contributed by atoms with Gasteiger partial charge in [0.05, 0.1) is 16.1 Å². The monoisotopic (exact) mass is 333 g/mol. The van der Waals surface area contributed by atoms with Crippen LogP contribution in [0.1, 0.15) is 6.92 Å². The molecule has 2 atom stereocenters. The maximum absolute atomic E-state index is 12.2. The normalized spacial score (nSPS) is 24.0. The summed E-state index contributed by atoms with van der Waals surface area (Å²) in [5.41, 5.74) is 1.21. The molecule has 2 aliphatic rings. The molecule has 1 aromatic carbocycles. The predicted molar refractivity (Wildman–Crippen MR) is 80.9 cm³/mol. The van der Waals surface area contributed by atoms with Crippen LogP contribution < -0.4 is 10.2 Å². The number of nitrogens with one attached hydrogen (secondary N) is 2. The number of nitrogens with zero attached hydrogens (tertiary/aromatic N) is 2. The second-order valence-corrected chi connectivity index (χ2v) is 5.46. The van der Waals surface area contributed by atoms with Crippen LogP contribution in [-0.2, 0) is 4.79 Å². The van der Waals surface area contributed by atoms with Gasteiger partial charge in [0.15, 0.2) is 11.9 Å². The number of carbonyl (C=O) groups excluding carboxylic acids is 1. The van der Waals surface area contributed by atoms with E-state index >= 15 is 0 Å². The summed E-state index contributed by atoms with van der Waals surface area (Å²) in [6.45, 7) is 2.05. The lowest BCUT2D eigenvalue weighted by Gasteiger charge is -2.27. The zero-order chi connectivity index (χ0) is 14.1. The molecule has 0 saturated heterocycles. The lowest BCUT2D eigenvalue weighted by atomic mass is 10.3. The number of aliphatic imine (C=N–C) groups is 1. The molecular weight excluding hydrogens is 320 g/mol. The second kappa shape index (κ2) is 5.22. The van der Waals surface area contributed by atoms with Gasteiger partial charge in [-0.2, -0.15) is 4.99 Å². The maximum Gasteiger partial charge on any atom is 0.280 e. The molecule has 1 amide bonds. The summed E-state index contributed by atoms with van der Waals surface area (Å²) in [5.74, 6) is 0.665. The third kappa shape index (κ3) is 2.39. The number of para-hydroxylation sites is 1. The van der Waals surface area contributed by atoms with Crippen LogP contribution in [0, 0.1) is 0 Å². The van der Waals surface area contributed by atoms with Gasteiger partial charge in [-0.05, 0) is 12.1 Å². The van der Waals surface area contributed by atoms with E-state index in [-0.39, 0.29) is 12.1 Å². The van der Waals surface area contributed by atoms with E-state index in [1.54, 1.807) is 0 Å². The van der Waals surface area contributed by atoms with Crippen molar-refractivity contribution in [2.24, 2.45) is 4.99 Å². The fourth-order valence-electron chi connectivity index (χ4n) is 2.15. The average Bonchev–Trinajstić information content (AvgIpc) is 2.89. The maximum atomic E-state index is 12.2. The van der Waals surface area contributed by atoms with Crippen molar-refractivity contribution in [3.8, 4) is 0 Å². The van der Waals surface area contributed by atoms with E-state index in [1.165, 1.54) is 0 Å². The molecular formula is C14H14BrN4O+. The zero-order valence-electron chi connectivity index (χ0n) is 10.9. The van der Waals surface area contributed by atoms with Crippen molar-refractivity contribution >= 4 is 33.6 Å². The van der Waals surface area contributed by atoms with Crippen LogP contribution in [0.15, 0.2) is 59.5 Å². The van der Waals surface area contributed by atoms with Gasteiger partial charge < -0.3 is 5.32 Å². The van der Waals surface area contributed by atoms with E-state index in [0.717, 1.165) is 16.4 Å². The van der Waals surface area contributed by atoms with Gasteiger partial charge in [-0.15, -0.1) is 0 Å². The van der Waals surface area contributed by atoms with Gasteiger partial charge in [-0.1, -0.05) is 18.2 Å². The van der Waals surface area contributed by atoms with Crippen LogP contribution in [-0.4, -0.2) is 21.8 Å². The topological polar surface area (TPSA) is 49.1 Å². The molecule has 0 bridgehead atoms. The molecule has 0 radical (unpaired) electrons. The summed E-state index contributed by atoms with van der Waals surface area (Å²) in [4.78, 5) is 17.6. The molecule has 0 spiro atoms. The Morgan fingerprint density at radius 1 is 1.40 bits per heavy atom. The number of amidine groups is 1. The molecule has 1 aromatic rings. The number of amides is 1. The highest BCUT2D eigenvalue weighted by Crippen LogP contribution is 2.12. The summed E-state index contributed by atoms with van der Waals surface area (Å²) in [7, 11) is 0. The molecule has 20 heavy (non-hydrogen) atoms. The number of rotatable bonds is 2. The molecule has 0 fully saturated rings. The minimum Gasteiger partial charge on any atom is -0.320 e. The largest absolute Gasteiger partial charge is 0.320 e.